The summed E-state index contributed by atoms with van der Waals surface area (Å²) in [6.07, 6.45) is 3.44. The van der Waals surface area contributed by atoms with Gasteiger partial charge in [-0.25, -0.2) is 4.98 Å². The minimum atomic E-state index is 0.358. The molecule has 2 aromatic heterocycles. The van der Waals surface area contributed by atoms with Crippen LogP contribution in [-0.2, 0) is 0 Å². The largest absolute Gasteiger partial charge is 0.278 e. The molecule has 3 aromatic rings. The van der Waals surface area contributed by atoms with Gasteiger partial charge in [-0.2, -0.15) is 0 Å². The zero-order chi connectivity index (χ0) is 11.8. The van der Waals surface area contributed by atoms with Crippen LogP contribution < -0.4 is 0 Å². The predicted octanol–water partition coefficient (Wildman–Crippen LogP) is 3.05. The van der Waals surface area contributed by atoms with Crippen LogP contribution in [0, 0.1) is 3.57 Å². The maximum Gasteiger partial charge on any atom is 0.198 e. The summed E-state index contributed by atoms with van der Waals surface area (Å²) >= 11 is 8.22. The molecule has 0 radical (unpaired) electrons. The molecule has 0 aliphatic heterocycles. The minimum Gasteiger partial charge on any atom is -0.278 e. The highest BCUT2D eigenvalue weighted by Crippen LogP contribution is 2.22. The van der Waals surface area contributed by atoms with E-state index in [2.05, 4.69) is 37.8 Å². The molecule has 0 amide bonds. The average Bonchev–Trinajstić information content (AvgIpc) is 2.74. The van der Waals surface area contributed by atoms with Crippen molar-refractivity contribution in [3.63, 3.8) is 0 Å². The van der Waals surface area contributed by atoms with Gasteiger partial charge in [0, 0.05) is 21.5 Å². The van der Waals surface area contributed by atoms with Crippen molar-refractivity contribution in [2.75, 3.05) is 0 Å². The molecule has 0 spiro atoms. The number of benzene rings is 1. The van der Waals surface area contributed by atoms with E-state index in [0.717, 1.165) is 15.0 Å². The first-order chi connectivity index (χ1) is 8.25. The van der Waals surface area contributed by atoms with E-state index in [1.807, 2.05) is 28.7 Å². The third-order valence-corrected chi connectivity index (χ3v) is 3.30. The third-order valence-electron chi connectivity index (χ3n) is 2.37. The first-order valence-electron chi connectivity index (χ1n) is 4.87. The number of hydrogen-bond donors (Lipinski definition) is 0. The van der Waals surface area contributed by atoms with E-state index in [1.54, 1.807) is 12.4 Å². The van der Waals surface area contributed by atoms with Gasteiger partial charge in [0.25, 0.3) is 0 Å². The summed E-state index contributed by atoms with van der Waals surface area (Å²) in [7, 11) is 0. The lowest BCUT2D eigenvalue weighted by Gasteiger charge is -2.00. The van der Waals surface area contributed by atoms with Crippen LogP contribution in [0.3, 0.4) is 0 Å². The molecule has 84 valence electrons. The van der Waals surface area contributed by atoms with Crippen molar-refractivity contribution >= 4 is 39.8 Å². The van der Waals surface area contributed by atoms with Crippen molar-refractivity contribution < 1.29 is 0 Å². The van der Waals surface area contributed by atoms with Crippen molar-refractivity contribution in [3.05, 3.63) is 45.4 Å². The summed E-state index contributed by atoms with van der Waals surface area (Å²) in [5, 5.41) is 8.55. The Kier molecular flexibility index (Phi) is 2.71. The molecule has 0 bridgehead atoms. The van der Waals surface area contributed by atoms with Crippen molar-refractivity contribution in [1.82, 2.24) is 19.6 Å². The summed E-state index contributed by atoms with van der Waals surface area (Å²) in [5.41, 5.74) is 1.58. The van der Waals surface area contributed by atoms with Gasteiger partial charge >= 0.3 is 0 Å². The van der Waals surface area contributed by atoms with Crippen molar-refractivity contribution in [1.29, 1.82) is 0 Å². The number of halogens is 2. The van der Waals surface area contributed by atoms with Gasteiger partial charge in [-0.15, -0.1) is 10.2 Å². The molecule has 17 heavy (non-hydrogen) atoms. The zero-order valence-electron chi connectivity index (χ0n) is 8.51. The Morgan fingerprint density at radius 1 is 1.24 bits per heavy atom. The number of fused-ring (bicyclic) bond motifs is 1. The molecular weight excluding hydrogens is 351 g/mol. The summed E-state index contributed by atoms with van der Waals surface area (Å²) in [4.78, 5) is 3.97. The molecule has 0 unspecified atom stereocenters. The van der Waals surface area contributed by atoms with Gasteiger partial charge in [-0.05, 0) is 34.7 Å². The fourth-order valence-corrected chi connectivity index (χ4v) is 2.35. The van der Waals surface area contributed by atoms with Crippen LogP contribution in [0.25, 0.3) is 17.0 Å². The molecule has 0 saturated heterocycles. The fraction of sp³-hybridized carbons (Fsp3) is 0. The Morgan fingerprint density at radius 3 is 2.94 bits per heavy atom. The second-order valence-corrected chi connectivity index (χ2v) is 5.05. The van der Waals surface area contributed by atoms with Gasteiger partial charge in [-0.1, -0.05) is 23.7 Å². The van der Waals surface area contributed by atoms with Gasteiger partial charge in [0.1, 0.15) is 0 Å². The van der Waals surface area contributed by atoms with Crippen LogP contribution in [0.2, 0.25) is 5.15 Å². The molecule has 2 heterocycles. The topological polar surface area (TPSA) is 43.1 Å². The monoisotopic (exact) mass is 356 g/mol. The smallest absolute Gasteiger partial charge is 0.198 e. The summed E-state index contributed by atoms with van der Waals surface area (Å²) < 4.78 is 2.98. The van der Waals surface area contributed by atoms with Crippen LogP contribution in [0.1, 0.15) is 0 Å². The van der Waals surface area contributed by atoms with Crippen LogP contribution in [0.5, 0.6) is 0 Å². The van der Waals surface area contributed by atoms with Crippen LogP contribution in [-0.4, -0.2) is 19.6 Å². The van der Waals surface area contributed by atoms with Crippen LogP contribution in [0.4, 0.5) is 0 Å². The molecule has 0 fully saturated rings. The highest BCUT2D eigenvalue weighted by Gasteiger charge is 2.10. The molecule has 0 aliphatic carbocycles. The average molecular weight is 357 g/mol. The Bertz CT molecular complexity index is 695. The maximum absolute atomic E-state index is 5.95. The molecule has 3 rings (SSSR count). The third kappa shape index (κ3) is 1.89. The second kappa shape index (κ2) is 4.23. The van der Waals surface area contributed by atoms with E-state index >= 15 is 0 Å². The SMILES string of the molecule is Clc1nccn2c(-c3cccc(I)c3)nnc12. The lowest BCUT2D eigenvalue weighted by molar-refractivity contribution is 1.11. The Morgan fingerprint density at radius 2 is 2.12 bits per heavy atom. The van der Waals surface area contributed by atoms with E-state index in [9.17, 15) is 0 Å². The highest BCUT2D eigenvalue weighted by atomic mass is 127. The van der Waals surface area contributed by atoms with Gasteiger partial charge in [0.15, 0.2) is 16.6 Å². The van der Waals surface area contributed by atoms with Gasteiger partial charge in [0.05, 0.1) is 0 Å². The molecule has 4 nitrogen and oxygen atoms in total. The number of hydrogen-bond acceptors (Lipinski definition) is 3. The molecule has 6 heteroatoms. The number of rotatable bonds is 1. The fourth-order valence-electron chi connectivity index (χ4n) is 1.62. The summed E-state index contributed by atoms with van der Waals surface area (Å²) in [6, 6.07) is 8.06. The van der Waals surface area contributed by atoms with Crippen molar-refractivity contribution in [2.45, 2.75) is 0 Å². The molecule has 1 aromatic carbocycles. The van der Waals surface area contributed by atoms with E-state index in [-0.39, 0.29) is 0 Å². The van der Waals surface area contributed by atoms with E-state index in [0.29, 0.717) is 10.8 Å². The lowest BCUT2D eigenvalue weighted by atomic mass is 10.2. The number of aromatic nitrogens is 4. The lowest BCUT2D eigenvalue weighted by Crippen LogP contribution is -1.91. The Labute approximate surface area is 116 Å². The minimum absolute atomic E-state index is 0.358. The summed E-state index contributed by atoms with van der Waals surface area (Å²) in [5.74, 6) is 0.766. The van der Waals surface area contributed by atoms with Crippen molar-refractivity contribution in [3.8, 4) is 11.4 Å². The van der Waals surface area contributed by atoms with Gasteiger partial charge < -0.3 is 0 Å². The number of nitrogens with zero attached hydrogens (tertiary/aromatic N) is 4. The first kappa shape index (κ1) is 10.9. The molecule has 0 aliphatic rings. The Hall–Kier alpha value is -1.21. The van der Waals surface area contributed by atoms with Crippen LogP contribution in [0.15, 0.2) is 36.7 Å². The zero-order valence-corrected chi connectivity index (χ0v) is 11.4. The predicted molar refractivity (Wildman–Crippen MR) is 73.9 cm³/mol. The van der Waals surface area contributed by atoms with Crippen LogP contribution >= 0.6 is 34.2 Å². The van der Waals surface area contributed by atoms with Crippen molar-refractivity contribution in [2.24, 2.45) is 0 Å². The quantitative estimate of drug-likeness (QED) is 0.630. The maximum atomic E-state index is 5.95. The molecular formula is C11H6ClIN4. The standard InChI is InChI=1S/C11H6ClIN4/c12-9-11-16-15-10(17(11)5-4-14-9)7-2-1-3-8(13)6-7/h1-6H. The second-order valence-electron chi connectivity index (χ2n) is 3.45. The molecule has 0 saturated carbocycles. The first-order valence-corrected chi connectivity index (χ1v) is 6.32. The van der Waals surface area contributed by atoms with E-state index in [4.69, 9.17) is 11.6 Å². The van der Waals surface area contributed by atoms with E-state index in [1.165, 1.54) is 0 Å². The van der Waals surface area contributed by atoms with Gasteiger partial charge in [0.2, 0.25) is 0 Å². The normalized spacial score (nSPS) is 10.9. The molecule has 0 N–H and O–H groups in total. The van der Waals surface area contributed by atoms with Gasteiger partial charge in [-0.3, -0.25) is 4.40 Å². The Balaban J connectivity index is 2.28. The molecule has 0 atom stereocenters. The highest BCUT2D eigenvalue weighted by molar-refractivity contribution is 14.1. The van der Waals surface area contributed by atoms with E-state index < -0.39 is 0 Å². The summed E-state index contributed by atoms with van der Waals surface area (Å²) in [6.45, 7) is 0.